The molecule has 0 aromatic heterocycles. The minimum Gasteiger partial charge on any atom is -0.459 e. The highest BCUT2D eigenvalue weighted by Gasteiger charge is 2.62. The van der Waals surface area contributed by atoms with Gasteiger partial charge in [0.15, 0.2) is 11.2 Å². The molecule has 4 rings (SSSR count). The van der Waals surface area contributed by atoms with E-state index in [-0.39, 0.29) is 32.0 Å². The van der Waals surface area contributed by atoms with E-state index in [9.17, 15) is 19.8 Å². The predicted octanol–water partition coefficient (Wildman–Crippen LogP) is 3.20. The van der Waals surface area contributed by atoms with Crippen molar-refractivity contribution in [3.8, 4) is 0 Å². The molecule has 7 nitrogen and oxygen atoms in total. The van der Waals surface area contributed by atoms with E-state index in [1.807, 2.05) is 54.6 Å². The monoisotopic (exact) mass is 491 g/mol. The van der Waals surface area contributed by atoms with Gasteiger partial charge in [0.2, 0.25) is 0 Å². The molecule has 3 unspecified atom stereocenters. The average Bonchev–Trinajstić information content (AvgIpc) is 2.90. The Morgan fingerprint density at radius 1 is 0.889 bits per heavy atom. The lowest BCUT2D eigenvalue weighted by molar-refractivity contribution is -0.202. The van der Waals surface area contributed by atoms with Crippen molar-refractivity contribution in [3.63, 3.8) is 0 Å². The molecule has 0 saturated heterocycles. The highest BCUT2D eigenvalue weighted by molar-refractivity contribution is 5.87. The maximum atomic E-state index is 13.2. The van der Waals surface area contributed by atoms with E-state index < -0.39 is 35.1 Å². The smallest absolute Gasteiger partial charge is 0.340 e. The molecule has 0 radical (unpaired) electrons. The van der Waals surface area contributed by atoms with Crippen LogP contribution in [0.2, 0.25) is 0 Å². The molecule has 2 aromatic carbocycles. The number of allylic oxidation sites excluding steroid dienone is 4. The molecule has 2 aromatic rings. The van der Waals surface area contributed by atoms with Crippen LogP contribution in [-0.4, -0.2) is 39.4 Å². The highest BCUT2D eigenvalue weighted by atomic mass is 16.6. The first kappa shape index (κ1) is 25.8. The summed E-state index contributed by atoms with van der Waals surface area (Å²) in [5.41, 5.74) is 4.02. The van der Waals surface area contributed by atoms with Gasteiger partial charge in [-0.25, -0.2) is 9.59 Å². The highest BCUT2D eigenvalue weighted by Crippen LogP contribution is 2.44. The van der Waals surface area contributed by atoms with Crippen LogP contribution < -0.4 is 5.73 Å². The Bertz CT molecular complexity index is 1060. The summed E-state index contributed by atoms with van der Waals surface area (Å²) in [7, 11) is 0. The minimum atomic E-state index is -2.30. The van der Waals surface area contributed by atoms with Gasteiger partial charge in [0.05, 0.1) is 6.04 Å². The van der Waals surface area contributed by atoms with Gasteiger partial charge in [-0.1, -0.05) is 85.8 Å². The number of benzene rings is 2. The number of hydrogen-bond acceptors (Lipinski definition) is 7. The summed E-state index contributed by atoms with van der Waals surface area (Å²) in [4.78, 5) is 26.5. The molecule has 0 spiro atoms. The van der Waals surface area contributed by atoms with Crippen LogP contribution in [-0.2, 0) is 32.3 Å². The molecule has 0 aliphatic heterocycles. The molecule has 1 fully saturated rings. The van der Waals surface area contributed by atoms with E-state index >= 15 is 0 Å². The fraction of sp³-hybridized carbons (Fsp3) is 0.379. The van der Waals surface area contributed by atoms with Gasteiger partial charge >= 0.3 is 11.9 Å². The Kier molecular flexibility index (Phi) is 7.73. The molecule has 5 atom stereocenters. The standard InChI is InChI=1S/C29H33NO6/c1-20-9-8-14-23(15-20)24-16-28(33,26(31)35-18-21-10-4-2-5-11-21)25(30)29(34,17-24)27(32)36-19-22-12-6-3-7-13-22/h2-8,10-15,20,24-25,33-34H,9,16-19,30H2,1H3/t20?,24?,25?,28-,29+. The zero-order chi connectivity index (χ0) is 25.8. The number of rotatable bonds is 7. The summed E-state index contributed by atoms with van der Waals surface area (Å²) in [6, 6.07) is 16.4. The van der Waals surface area contributed by atoms with Crippen molar-refractivity contribution in [2.45, 2.75) is 56.6 Å². The van der Waals surface area contributed by atoms with Crippen molar-refractivity contribution in [1.29, 1.82) is 0 Å². The fourth-order valence-electron chi connectivity index (χ4n) is 4.97. The van der Waals surface area contributed by atoms with E-state index in [0.29, 0.717) is 0 Å². The molecular formula is C29H33NO6. The third kappa shape index (κ3) is 5.43. The van der Waals surface area contributed by atoms with Crippen LogP contribution in [0, 0.1) is 11.8 Å². The zero-order valence-corrected chi connectivity index (χ0v) is 20.4. The van der Waals surface area contributed by atoms with E-state index in [4.69, 9.17) is 15.2 Å². The molecule has 2 aliphatic carbocycles. The third-order valence-corrected chi connectivity index (χ3v) is 7.04. The van der Waals surface area contributed by atoms with Gasteiger partial charge in [-0.3, -0.25) is 0 Å². The topological polar surface area (TPSA) is 119 Å². The minimum absolute atomic E-state index is 0.0735. The van der Waals surface area contributed by atoms with Crippen molar-refractivity contribution in [2.24, 2.45) is 17.6 Å². The summed E-state index contributed by atoms with van der Waals surface area (Å²) in [6.45, 7) is 1.91. The predicted molar refractivity (Wildman–Crippen MR) is 134 cm³/mol. The fourth-order valence-corrected chi connectivity index (χ4v) is 4.97. The van der Waals surface area contributed by atoms with Gasteiger partial charge < -0.3 is 25.4 Å². The van der Waals surface area contributed by atoms with Crippen LogP contribution >= 0.6 is 0 Å². The molecule has 4 N–H and O–H groups in total. The molecule has 7 heteroatoms. The van der Waals surface area contributed by atoms with Crippen LogP contribution in [0.1, 0.15) is 37.3 Å². The first-order valence-electron chi connectivity index (χ1n) is 12.2. The van der Waals surface area contributed by atoms with Crippen LogP contribution in [0.25, 0.3) is 0 Å². The second kappa shape index (κ2) is 10.8. The number of carbonyl (C=O) groups is 2. The first-order chi connectivity index (χ1) is 17.2. The van der Waals surface area contributed by atoms with Crippen molar-refractivity contribution in [3.05, 3.63) is 95.6 Å². The molecule has 0 heterocycles. The Morgan fingerprint density at radius 3 is 1.81 bits per heavy atom. The molecule has 1 saturated carbocycles. The van der Waals surface area contributed by atoms with Crippen molar-refractivity contribution < 1.29 is 29.3 Å². The van der Waals surface area contributed by atoms with Crippen molar-refractivity contribution in [2.75, 3.05) is 0 Å². The summed E-state index contributed by atoms with van der Waals surface area (Å²) >= 11 is 0. The summed E-state index contributed by atoms with van der Waals surface area (Å²) < 4.78 is 10.9. The van der Waals surface area contributed by atoms with E-state index in [0.717, 1.165) is 23.1 Å². The van der Waals surface area contributed by atoms with Gasteiger partial charge in [-0.15, -0.1) is 0 Å². The lowest BCUT2D eigenvalue weighted by Crippen LogP contribution is -2.72. The molecule has 0 amide bonds. The number of aliphatic hydroxyl groups is 2. The van der Waals surface area contributed by atoms with E-state index in [1.54, 1.807) is 24.3 Å². The molecular weight excluding hydrogens is 458 g/mol. The van der Waals surface area contributed by atoms with Gasteiger partial charge in [-0.2, -0.15) is 0 Å². The summed E-state index contributed by atoms with van der Waals surface area (Å²) in [6.07, 6.45) is 6.65. The average molecular weight is 492 g/mol. The van der Waals surface area contributed by atoms with Crippen LogP contribution in [0.5, 0.6) is 0 Å². The van der Waals surface area contributed by atoms with Crippen molar-refractivity contribution >= 4 is 11.9 Å². The van der Waals surface area contributed by atoms with Gasteiger partial charge in [-0.05, 0) is 47.8 Å². The second-order valence-corrected chi connectivity index (χ2v) is 9.84. The van der Waals surface area contributed by atoms with Crippen LogP contribution in [0.15, 0.2) is 84.5 Å². The van der Waals surface area contributed by atoms with Crippen LogP contribution in [0.3, 0.4) is 0 Å². The lowest BCUT2D eigenvalue weighted by atomic mass is 9.64. The Hall–Kier alpha value is -3.26. The largest absolute Gasteiger partial charge is 0.459 e. The first-order valence-corrected chi connectivity index (χ1v) is 12.2. The molecule has 0 bridgehead atoms. The molecule has 2 aliphatic rings. The number of carbonyl (C=O) groups excluding carboxylic acids is 2. The van der Waals surface area contributed by atoms with Gasteiger partial charge in [0, 0.05) is 0 Å². The number of nitrogens with two attached hydrogens (primary N) is 1. The lowest BCUT2D eigenvalue weighted by Gasteiger charge is -2.48. The quantitative estimate of drug-likeness (QED) is 0.509. The normalized spacial score (nSPS) is 29.8. The number of hydrogen-bond donors (Lipinski definition) is 3. The van der Waals surface area contributed by atoms with E-state index in [1.165, 1.54) is 0 Å². The Balaban J connectivity index is 1.60. The van der Waals surface area contributed by atoms with Crippen molar-refractivity contribution in [1.82, 2.24) is 0 Å². The van der Waals surface area contributed by atoms with Gasteiger partial charge in [0.1, 0.15) is 13.2 Å². The zero-order valence-electron chi connectivity index (χ0n) is 20.4. The summed E-state index contributed by atoms with van der Waals surface area (Å²) in [5, 5.41) is 23.2. The number of ether oxygens (including phenoxy) is 2. The third-order valence-electron chi connectivity index (χ3n) is 7.04. The summed E-state index contributed by atoms with van der Waals surface area (Å²) in [5.74, 6) is -2.22. The Morgan fingerprint density at radius 2 is 1.36 bits per heavy atom. The number of esters is 2. The molecule has 190 valence electrons. The van der Waals surface area contributed by atoms with Crippen LogP contribution in [0.4, 0.5) is 0 Å². The van der Waals surface area contributed by atoms with Gasteiger partial charge in [0.25, 0.3) is 0 Å². The molecule has 36 heavy (non-hydrogen) atoms. The Labute approximate surface area is 211 Å². The maximum absolute atomic E-state index is 13.2. The second-order valence-electron chi connectivity index (χ2n) is 9.84. The maximum Gasteiger partial charge on any atom is 0.340 e. The SMILES string of the molecule is CC1C=C(C2C[C@@](O)(C(=O)OCc3ccccc3)C(N)[C@@](O)(C(=O)OCc3ccccc3)C2)C=CC1. The van der Waals surface area contributed by atoms with E-state index in [2.05, 4.69) is 6.92 Å².